The van der Waals surface area contributed by atoms with E-state index < -0.39 is 5.60 Å². The van der Waals surface area contributed by atoms with E-state index in [9.17, 15) is 5.11 Å². The molecule has 1 atom stereocenters. The molecule has 0 heterocycles. The van der Waals surface area contributed by atoms with Crippen molar-refractivity contribution in [3.63, 3.8) is 0 Å². The van der Waals surface area contributed by atoms with Crippen molar-refractivity contribution in [2.45, 2.75) is 38.7 Å². The number of aliphatic hydroxyl groups is 1. The molecule has 0 saturated carbocycles. The van der Waals surface area contributed by atoms with Gasteiger partial charge in [-0.25, -0.2) is 0 Å². The lowest BCUT2D eigenvalue weighted by Crippen LogP contribution is -2.33. The van der Waals surface area contributed by atoms with Crippen molar-refractivity contribution < 1.29 is 5.11 Å². The largest absolute Gasteiger partial charge is 0.389 e. The third-order valence-corrected chi connectivity index (χ3v) is 3.81. The highest BCUT2D eigenvalue weighted by atomic mass is 16.3. The zero-order chi connectivity index (χ0) is 13.7. The Kier molecular flexibility index (Phi) is 4.39. The molecule has 19 heavy (non-hydrogen) atoms. The van der Waals surface area contributed by atoms with Crippen molar-refractivity contribution in [3.05, 3.63) is 71.3 Å². The summed E-state index contributed by atoms with van der Waals surface area (Å²) in [5.41, 5.74) is 3.03. The summed E-state index contributed by atoms with van der Waals surface area (Å²) in [6, 6.07) is 18.5. The Hall–Kier alpha value is -1.60. The lowest BCUT2D eigenvalue weighted by molar-refractivity contribution is 0.0367. The Morgan fingerprint density at radius 1 is 0.895 bits per heavy atom. The van der Waals surface area contributed by atoms with Gasteiger partial charge < -0.3 is 5.11 Å². The van der Waals surface area contributed by atoms with Crippen molar-refractivity contribution in [3.8, 4) is 0 Å². The molecule has 0 saturated heterocycles. The summed E-state index contributed by atoms with van der Waals surface area (Å²) < 4.78 is 0. The van der Waals surface area contributed by atoms with E-state index in [2.05, 4.69) is 38.1 Å². The summed E-state index contributed by atoms with van der Waals surface area (Å²) in [7, 11) is 0. The van der Waals surface area contributed by atoms with Crippen molar-refractivity contribution in [2.24, 2.45) is 0 Å². The van der Waals surface area contributed by atoms with Crippen LogP contribution in [0.3, 0.4) is 0 Å². The molecule has 1 unspecified atom stereocenters. The van der Waals surface area contributed by atoms with Gasteiger partial charge in [-0.1, -0.05) is 61.5 Å². The van der Waals surface area contributed by atoms with Crippen molar-refractivity contribution >= 4 is 0 Å². The van der Waals surface area contributed by atoms with Crippen LogP contribution in [0.4, 0.5) is 0 Å². The van der Waals surface area contributed by atoms with E-state index in [1.165, 1.54) is 16.7 Å². The van der Waals surface area contributed by atoms with Crippen molar-refractivity contribution in [1.82, 2.24) is 0 Å². The fraction of sp³-hybridized carbons (Fsp3) is 0.333. The maximum absolute atomic E-state index is 10.9. The van der Waals surface area contributed by atoms with Gasteiger partial charge in [0, 0.05) is 12.8 Å². The third-order valence-electron chi connectivity index (χ3n) is 3.81. The highest BCUT2D eigenvalue weighted by Gasteiger charge is 2.26. The topological polar surface area (TPSA) is 20.2 Å². The van der Waals surface area contributed by atoms with Gasteiger partial charge in [-0.3, -0.25) is 0 Å². The summed E-state index contributed by atoms with van der Waals surface area (Å²) in [4.78, 5) is 0. The number of aryl methyl sites for hydroxylation is 1. The predicted octanol–water partition coefficient (Wildman–Crippen LogP) is 3.92. The zero-order valence-corrected chi connectivity index (χ0v) is 11.8. The first-order valence-corrected chi connectivity index (χ1v) is 6.94. The van der Waals surface area contributed by atoms with Gasteiger partial charge in [-0.05, 0) is 30.0 Å². The normalized spacial score (nSPS) is 14.1. The Labute approximate surface area is 115 Å². The van der Waals surface area contributed by atoms with Crippen molar-refractivity contribution in [1.29, 1.82) is 0 Å². The molecule has 0 aliphatic carbocycles. The molecule has 2 aromatic rings. The van der Waals surface area contributed by atoms with Crippen LogP contribution < -0.4 is 0 Å². The second-order valence-electron chi connectivity index (χ2n) is 5.34. The minimum absolute atomic E-state index is 0.659. The van der Waals surface area contributed by atoms with Gasteiger partial charge in [0.15, 0.2) is 0 Å². The number of rotatable bonds is 5. The summed E-state index contributed by atoms with van der Waals surface area (Å²) in [6.07, 6.45) is 2.18. The van der Waals surface area contributed by atoms with Crippen LogP contribution in [-0.4, -0.2) is 10.7 Å². The van der Waals surface area contributed by atoms with Crippen LogP contribution in [0.2, 0.25) is 0 Å². The maximum Gasteiger partial charge on any atom is 0.0725 e. The van der Waals surface area contributed by atoms with Crippen LogP contribution >= 0.6 is 0 Å². The maximum atomic E-state index is 10.9. The Morgan fingerprint density at radius 2 is 1.53 bits per heavy atom. The fourth-order valence-corrected chi connectivity index (χ4v) is 2.45. The molecule has 0 bridgehead atoms. The first-order chi connectivity index (χ1) is 9.13. The monoisotopic (exact) mass is 254 g/mol. The second kappa shape index (κ2) is 6.03. The smallest absolute Gasteiger partial charge is 0.0725 e. The molecule has 0 aromatic heterocycles. The molecule has 0 radical (unpaired) electrons. The Balaban J connectivity index is 2.17. The number of hydrogen-bond acceptors (Lipinski definition) is 1. The van der Waals surface area contributed by atoms with E-state index in [-0.39, 0.29) is 0 Å². The van der Waals surface area contributed by atoms with Gasteiger partial charge in [-0.15, -0.1) is 0 Å². The van der Waals surface area contributed by atoms with Crippen molar-refractivity contribution in [2.75, 3.05) is 0 Å². The first-order valence-electron chi connectivity index (χ1n) is 6.94. The Morgan fingerprint density at radius 3 is 2.16 bits per heavy atom. The summed E-state index contributed by atoms with van der Waals surface area (Å²) in [6.45, 7) is 4.16. The van der Waals surface area contributed by atoms with Gasteiger partial charge in [0.1, 0.15) is 0 Å². The molecule has 1 N–H and O–H groups in total. The molecule has 1 heteroatoms. The molecule has 1 nitrogen and oxygen atoms in total. The molecular formula is C18H22O. The molecule has 0 fully saturated rings. The summed E-state index contributed by atoms with van der Waals surface area (Å²) in [5.74, 6) is 0. The average molecular weight is 254 g/mol. The zero-order valence-electron chi connectivity index (χ0n) is 11.8. The van der Waals surface area contributed by atoms with Gasteiger partial charge in [-0.2, -0.15) is 0 Å². The molecule has 0 amide bonds. The van der Waals surface area contributed by atoms with E-state index in [0.29, 0.717) is 12.8 Å². The van der Waals surface area contributed by atoms with Crippen LogP contribution in [0.15, 0.2) is 54.6 Å². The van der Waals surface area contributed by atoms with E-state index >= 15 is 0 Å². The van der Waals surface area contributed by atoms with E-state index in [1.54, 1.807) is 0 Å². The second-order valence-corrected chi connectivity index (χ2v) is 5.34. The average Bonchev–Trinajstić information content (AvgIpc) is 2.42. The molecule has 0 spiro atoms. The molecular weight excluding hydrogens is 232 g/mol. The number of benzene rings is 2. The van der Waals surface area contributed by atoms with Gasteiger partial charge >= 0.3 is 0 Å². The van der Waals surface area contributed by atoms with E-state index in [1.807, 2.05) is 30.3 Å². The van der Waals surface area contributed by atoms with Gasteiger partial charge in [0.25, 0.3) is 0 Å². The van der Waals surface area contributed by atoms with Crippen LogP contribution in [0.5, 0.6) is 0 Å². The standard InChI is InChI=1S/C18H22O/c1-3-18(19,13-16-10-5-4-6-11-16)14-17-12-8-7-9-15(17)2/h4-12,19H,3,13-14H2,1-2H3. The van der Waals surface area contributed by atoms with Crippen LogP contribution in [0.1, 0.15) is 30.0 Å². The lowest BCUT2D eigenvalue weighted by Gasteiger charge is -2.28. The van der Waals surface area contributed by atoms with Crippen LogP contribution in [0, 0.1) is 6.92 Å². The Bertz CT molecular complexity index is 518. The summed E-state index contributed by atoms with van der Waals surface area (Å²) in [5, 5.41) is 10.9. The summed E-state index contributed by atoms with van der Waals surface area (Å²) >= 11 is 0. The minimum Gasteiger partial charge on any atom is -0.389 e. The molecule has 100 valence electrons. The quantitative estimate of drug-likeness (QED) is 0.857. The first kappa shape index (κ1) is 13.8. The van der Waals surface area contributed by atoms with Gasteiger partial charge in [0.05, 0.1) is 5.60 Å². The fourth-order valence-electron chi connectivity index (χ4n) is 2.45. The highest BCUT2D eigenvalue weighted by molar-refractivity contribution is 5.28. The highest BCUT2D eigenvalue weighted by Crippen LogP contribution is 2.24. The predicted molar refractivity (Wildman–Crippen MR) is 80.3 cm³/mol. The molecule has 2 aromatic carbocycles. The van der Waals surface area contributed by atoms with Crippen LogP contribution in [-0.2, 0) is 12.8 Å². The van der Waals surface area contributed by atoms with Gasteiger partial charge in [0.2, 0.25) is 0 Å². The van der Waals surface area contributed by atoms with Crippen LogP contribution in [0.25, 0.3) is 0 Å². The third kappa shape index (κ3) is 3.68. The lowest BCUT2D eigenvalue weighted by atomic mass is 9.85. The molecule has 2 rings (SSSR count). The molecule has 0 aliphatic rings. The van der Waals surface area contributed by atoms with E-state index in [4.69, 9.17) is 0 Å². The molecule has 0 aliphatic heterocycles. The number of hydrogen-bond donors (Lipinski definition) is 1. The van der Waals surface area contributed by atoms with E-state index in [0.717, 1.165) is 6.42 Å². The SMILES string of the molecule is CCC(O)(Cc1ccccc1)Cc1ccccc1C. The minimum atomic E-state index is -0.659.